The van der Waals surface area contributed by atoms with E-state index in [4.69, 9.17) is 4.74 Å². The normalized spacial score (nSPS) is 11.3. The highest BCUT2D eigenvalue weighted by molar-refractivity contribution is 6.42. The summed E-state index contributed by atoms with van der Waals surface area (Å²) < 4.78 is 5.07. The highest BCUT2D eigenvalue weighted by Gasteiger charge is 2.17. The number of carbonyl (C=O) groups excluding carboxylic acids is 1. The number of pyridine rings is 2. The summed E-state index contributed by atoms with van der Waals surface area (Å²) in [5.74, 6) is -0.531. The quantitative estimate of drug-likeness (QED) is 0.444. The molecule has 0 aliphatic carbocycles. The molecule has 24 heavy (non-hydrogen) atoms. The van der Waals surface area contributed by atoms with E-state index in [0.717, 1.165) is 10.9 Å². The number of nitrogens with zero attached hydrogens (tertiary/aromatic N) is 3. The molecule has 2 heterocycles. The molecular formula is C18H16N4O2. The minimum atomic E-state index is -0.531. The summed E-state index contributed by atoms with van der Waals surface area (Å²) in [6.07, 6.45) is 3.31. The van der Waals surface area contributed by atoms with Gasteiger partial charge in [0.1, 0.15) is 0 Å². The van der Waals surface area contributed by atoms with Crippen LogP contribution in [0.5, 0.6) is 0 Å². The Bertz CT molecular complexity index is 873. The lowest BCUT2D eigenvalue weighted by Gasteiger charge is -2.08. The first-order valence-electron chi connectivity index (χ1n) is 7.55. The standard InChI is InChI=1S/C18H16N4O2/c1-2-24-18(23)17(14-9-3-4-11-19-14)22-21-15-10-5-7-13-8-6-12-20-16(13)15/h3-12,21H,2H2,1H3/b22-17+. The Morgan fingerprint density at radius 3 is 2.71 bits per heavy atom. The predicted octanol–water partition coefficient (Wildman–Crippen LogP) is 3.01. The van der Waals surface area contributed by atoms with Crippen molar-refractivity contribution in [1.82, 2.24) is 9.97 Å². The summed E-state index contributed by atoms with van der Waals surface area (Å²) >= 11 is 0. The molecule has 0 aliphatic heterocycles. The van der Waals surface area contributed by atoms with E-state index in [0.29, 0.717) is 11.4 Å². The maximum absolute atomic E-state index is 12.2. The molecule has 0 unspecified atom stereocenters. The van der Waals surface area contributed by atoms with Gasteiger partial charge in [-0.2, -0.15) is 5.10 Å². The Kier molecular flexibility index (Phi) is 4.76. The number of fused-ring (bicyclic) bond motifs is 1. The minimum absolute atomic E-state index is 0.116. The van der Waals surface area contributed by atoms with Gasteiger partial charge in [-0.15, -0.1) is 0 Å². The third-order valence-corrected chi connectivity index (χ3v) is 3.30. The van der Waals surface area contributed by atoms with Crippen molar-refractivity contribution in [3.63, 3.8) is 0 Å². The topological polar surface area (TPSA) is 76.5 Å². The average Bonchev–Trinajstić information content (AvgIpc) is 2.63. The fraction of sp³-hybridized carbons (Fsp3) is 0.111. The fourth-order valence-electron chi connectivity index (χ4n) is 2.22. The van der Waals surface area contributed by atoms with Crippen molar-refractivity contribution in [3.8, 4) is 0 Å². The third-order valence-electron chi connectivity index (χ3n) is 3.30. The van der Waals surface area contributed by atoms with Gasteiger partial charge in [0.15, 0.2) is 5.71 Å². The van der Waals surface area contributed by atoms with Gasteiger partial charge in [-0.3, -0.25) is 15.4 Å². The van der Waals surface area contributed by atoms with Gasteiger partial charge in [0, 0.05) is 17.8 Å². The molecule has 0 amide bonds. The van der Waals surface area contributed by atoms with E-state index >= 15 is 0 Å². The maximum Gasteiger partial charge on any atom is 0.361 e. The molecule has 0 radical (unpaired) electrons. The number of hydrazone groups is 1. The highest BCUT2D eigenvalue weighted by Crippen LogP contribution is 2.20. The van der Waals surface area contributed by atoms with Crippen molar-refractivity contribution >= 4 is 28.3 Å². The van der Waals surface area contributed by atoms with E-state index in [1.165, 1.54) is 0 Å². The van der Waals surface area contributed by atoms with Crippen LogP contribution in [0.15, 0.2) is 66.0 Å². The fourth-order valence-corrected chi connectivity index (χ4v) is 2.22. The largest absolute Gasteiger partial charge is 0.461 e. The molecule has 1 N–H and O–H groups in total. The van der Waals surface area contributed by atoms with E-state index < -0.39 is 5.97 Å². The highest BCUT2D eigenvalue weighted by atomic mass is 16.5. The Hall–Kier alpha value is -3.28. The summed E-state index contributed by atoms with van der Waals surface area (Å²) in [6.45, 7) is 2.01. The van der Waals surface area contributed by atoms with Crippen LogP contribution >= 0.6 is 0 Å². The number of ether oxygens (including phenoxy) is 1. The lowest BCUT2D eigenvalue weighted by Crippen LogP contribution is -2.21. The van der Waals surface area contributed by atoms with Gasteiger partial charge in [-0.05, 0) is 31.2 Å². The number of para-hydroxylation sites is 1. The van der Waals surface area contributed by atoms with Gasteiger partial charge in [-0.25, -0.2) is 4.79 Å². The second kappa shape index (κ2) is 7.32. The first-order chi connectivity index (χ1) is 11.8. The molecule has 0 atom stereocenters. The number of carbonyl (C=O) groups is 1. The summed E-state index contributed by atoms with van der Waals surface area (Å²) in [5.41, 5.74) is 4.94. The van der Waals surface area contributed by atoms with Crippen molar-refractivity contribution in [2.75, 3.05) is 12.0 Å². The average molecular weight is 320 g/mol. The molecule has 2 aromatic heterocycles. The zero-order chi connectivity index (χ0) is 16.8. The molecule has 3 rings (SSSR count). The molecule has 0 saturated carbocycles. The van der Waals surface area contributed by atoms with Gasteiger partial charge >= 0.3 is 5.97 Å². The number of nitrogens with one attached hydrogen (secondary N) is 1. The Morgan fingerprint density at radius 2 is 1.92 bits per heavy atom. The van der Waals surface area contributed by atoms with Gasteiger partial charge in [0.05, 0.1) is 23.5 Å². The number of aromatic nitrogens is 2. The SMILES string of the molecule is CCOC(=O)/C(=N/Nc1cccc2cccnc12)c1ccccn1. The van der Waals surface area contributed by atoms with Crippen molar-refractivity contribution in [2.45, 2.75) is 6.92 Å². The number of esters is 1. The van der Waals surface area contributed by atoms with E-state index in [9.17, 15) is 4.79 Å². The summed E-state index contributed by atoms with van der Waals surface area (Å²) in [6, 6.07) is 14.8. The van der Waals surface area contributed by atoms with Gasteiger partial charge in [-0.1, -0.05) is 24.3 Å². The van der Waals surface area contributed by atoms with Crippen molar-refractivity contribution < 1.29 is 9.53 Å². The molecule has 6 heteroatoms. The minimum Gasteiger partial charge on any atom is -0.461 e. The molecule has 0 fully saturated rings. The lowest BCUT2D eigenvalue weighted by atomic mass is 10.2. The smallest absolute Gasteiger partial charge is 0.361 e. The van der Waals surface area contributed by atoms with Crippen LogP contribution in [-0.4, -0.2) is 28.3 Å². The first kappa shape index (κ1) is 15.6. The van der Waals surface area contributed by atoms with Crippen molar-refractivity contribution in [1.29, 1.82) is 0 Å². The molecule has 0 aliphatic rings. The molecular weight excluding hydrogens is 304 g/mol. The van der Waals surface area contributed by atoms with Crippen LogP contribution in [0.2, 0.25) is 0 Å². The summed E-state index contributed by atoms with van der Waals surface area (Å²) in [5, 5.41) is 5.20. The summed E-state index contributed by atoms with van der Waals surface area (Å²) in [7, 11) is 0. The van der Waals surface area contributed by atoms with Crippen LogP contribution in [-0.2, 0) is 9.53 Å². The number of hydrogen-bond donors (Lipinski definition) is 1. The number of anilines is 1. The molecule has 0 saturated heterocycles. The van der Waals surface area contributed by atoms with Crippen LogP contribution in [0, 0.1) is 0 Å². The van der Waals surface area contributed by atoms with E-state index in [2.05, 4.69) is 20.5 Å². The van der Waals surface area contributed by atoms with Gasteiger partial charge < -0.3 is 4.74 Å². The molecule has 0 spiro atoms. The second-order valence-electron chi connectivity index (χ2n) is 4.89. The van der Waals surface area contributed by atoms with Crippen LogP contribution in [0.4, 0.5) is 5.69 Å². The predicted molar refractivity (Wildman–Crippen MR) is 92.8 cm³/mol. The maximum atomic E-state index is 12.2. The van der Waals surface area contributed by atoms with Crippen LogP contribution in [0.3, 0.4) is 0 Å². The number of benzene rings is 1. The zero-order valence-electron chi connectivity index (χ0n) is 13.1. The van der Waals surface area contributed by atoms with Crippen LogP contribution in [0.1, 0.15) is 12.6 Å². The number of hydrogen-bond acceptors (Lipinski definition) is 6. The van der Waals surface area contributed by atoms with E-state index in [-0.39, 0.29) is 12.3 Å². The van der Waals surface area contributed by atoms with Crippen molar-refractivity contribution in [2.24, 2.45) is 5.10 Å². The molecule has 6 nitrogen and oxygen atoms in total. The third kappa shape index (κ3) is 3.38. The summed E-state index contributed by atoms with van der Waals surface area (Å²) in [4.78, 5) is 20.7. The molecule has 120 valence electrons. The van der Waals surface area contributed by atoms with Gasteiger partial charge in [0.25, 0.3) is 0 Å². The van der Waals surface area contributed by atoms with Crippen LogP contribution < -0.4 is 5.43 Å². The monoisotopic (exact) mass is 320 g/mol. The van der Waals surface area contributed by atoms with Crippen LogP contribution in [0.25, 0.3) is 10.9 Å². The second-order valence-corrected chi connectivity index (χ2v) is 4.89. The van der Waals surface area contributed by atoms with E-state index in [1.54, 1.807) is 37.5 Å². The lowest BCUT2D eigenvalue weighted by molar-refractivity contribution is -0.134. The number of rotatable bonds is 5. The molecule has 1 aromatic carbocycles. The Balaban J connectivity index is 1.97. The van der Waals surface area contributed by atoms with Crippen molar-refractivity contribution in [3.05, 3.63) is 66.6 Å². The first-order valence-corrected chi connectivity index (χ1v) is 7.55. The Labute approximate surface area is 139 Å². The molecule has 0 bridgehead atoms. The zero-order valence-corrected chi connectivity index (χ0v) is 13.1. The molecule has 3 aromatic rings. The van der Waals surface area contributed by atoms with E-state index in [1.807, 2.05) is 30.3 Å². The van der Waals surface area contributed by atoms with Gasteiger partial charge in [0.2, 0.25) is 0 Å². The Morgan fingerprint density at radius 1 is 1.08 bits per heavy atom.